The van der Waals surface area contributed by atoms with E-state index in [1.54, 1.807) is 0 Å². The minimum Gasteiger partial charge on any atom is -0.312 e. The van der Waals surface area contributed by atoms with E-state index in [0.29, 0.717) is 6.04 Å². The van der Waals surface area contributed by atoms with Crippen molar-refractivity contribution in [2.45, 2.75) is 25.4 Å². The van der Waals surface area contributed by atoms with Gasteiger partial charge in [-0.3, -0.25) is 0 Å². The molecule has 1 N–H and O–H groups in total. The van der Waals surface area contributed by atoms with E-state index >= 15 is 0 Å². The van der Waals surface area contributed by atoms with E-state index < -0.39 is 0 Å². The Labute approximate surface area is 134 Å². The van der Waals surface area contributed by atoms with Crippen LogP contribution in [-0.2, 0) is 6.54 Å². The van der Waals surface area contributed by atoms with Gasteiger partial charge in [0.2, 0.25) is 0 Å². The molecule has 4 rings (SSSR count). The number of pyridine rings is 1. The molecular formula is C17H17ClN4. The molecule has 4 nitrogen and oxygen atoms in total. The van der Waals surface area contributed by atoms with Crippen LogP contribution >= 0.6 is 11.6 Å². The zero-order valence-corrected chi connectivity index (χ0v) is 12.9. The molecule has 0 spiro atoms. The Bertz CT molecular complexity index is 805. The van der Waals surface area contributed by atoms with Gasteiger partial charge in [-0.15, -0.1) is 0 Å². The summed E-state index contributed by atoms with van der Waals surface area (Å²) in [7, 11) is 0. The number of halogens is 1. The van der Waals surface area contributed by atoms with E-state index in [1.165, 1.54) is 12.8 Å². The Morgan fingerprint density at radius 1 is 1.27 bits per heavy atom. The highest BCUT2D eigenvalue weighted by molar-refractivity contribution is 6.30. The molecule has 0 aliphatic carbocycles. The SMILES string of the molecule is Clc1cccc(-c2nc3cccnc3n2CC2CCCN2)c1. The Hall–Kier alpha value is -1.91. The van der Waals surface area contributed by atoms with Gasteiger partial charge in [-0.05, 0) is 43.7 Å². The first-order valence-electron chi connectivity index (χ1n) is 7.62. The minimum absolute atomic E-state index is 0.484. The predicted molar refractivity (Wildman–Crippen MR) is 89.0 cm³/mol. The van der Waals surface area contributed by atoms with Crippen LogP contribution in [0.5, 0.6) is 0 Å². The van der Waals surface area contributed by atoms with Gasteiger partial charge < -0.3 is 9.88 Å². The van der Waals surface area contributed by atoms with Gasteiger partial charge in [0, 0.05) is 29.4 Å². The first-order valence-corrected chi connectivity index (χ1v) is 7.99. The lowest BCUT2D eigenvalue weighted by molar-refractivity contribution is 0.518. The molecule has 1 saturated heterocycles. The number of imidazole rings is 1. The van der Waals surface area contributed by atoms with Gasteiger partial charge in [0.1, 0.15) is 11.3 Å². The largest absolute Gasteiger partial charge is 0.312 e. The standard InChI is InChI=1S/C17H17ClN4/c18-13-5-1-4-12(10-13)16-21-15-7-3-9-20-17(15)22(16)11-14-6-2-8-19-14/h1,3-5,7,9-10,14,19H,2,6,8,11H2. The van der Waals surface area contributed by atoms with Crippen molar-refractivity contribution in [2.24, 2.45) is 0 Å². The Morgan fingerprint density at radius 2 is 2.23 bits per heavy atom. The van der Waals surface area contributed by atoms with Crippen molar-refractivity contribution in [3.8, 4) is 11.4 Å². The first-order chi connectivity index (χ1) is 10.8. The molecule has 3 aromatic rings. The highest BCUT2D eigenvalue weighted by Gasteiger charge is 2.20. The molecular weight excluding hydrogens is 296 g/mol. The van der Waals surface area contributed by atoms with Gasteiger partial charge in [-0.25, -0.2) is 9.97 Å². The number of benzene rings is 1. The predicted octanol–water partition coefficient (Wildman–Crippen LogP) is 3.50. The summed E-state index contributed by atoms with van der Waals surface area (Å²) < 4.78 is 2.21. The summed E-state index contributed by atoms with van der Waals surface area (Å²) in [5, 5.41) is 4.27. The van der Waals surface area contributed by atoms with Gasteiger partial charge in [0.15, 0.2) is 5.65 Å². The van der Waals surface area contributed by atoms with Crippen molar-refractivity contribution in [1.82, 2.24) is 19.9 Å². The van der Waals surface area contributed by atoms with Crippen LogP contribution in [0.25, 0.3) is 22.6 Å². The van der Waals surface area contributed by atoms with Crippen LogP contribution in [0.1, 0.15) is 12.8 Å². The third-order valence-corrected chi connectivity index (χ3v) is 4.39. The quantitative estimate of drug-likeness (QED) is 0.805. The maximum atomic E-state index is 6.15. The first kappa shape index (κ1) is 13.7. The van der Waals surface area contributed by atoms with Gasteiger partial charge in [0.25, 0.3) is 0 Å². The van der Waals surface area contributed by atoms with E-state index in [0.717, 1.165) is 40.7 Å². The number of hydrogen-bond acceptors (Lipinski definition) is 3. The lowest BCUT2D eigenvalue weighted by atomic mass is 10.2. The fourth-order valence-corrected chi connectivity index (χ4v) is 3.30. The second-order valence-electron chi connectivity index (χ2n) is 5.70. The highest BCUT2D eigenvalue weighted by Crippen LogP contribution is 2.26. The second kappa shape index (κ2) is 5.71. The molecule has 0 radical (unpaired) electrons. The van der Waals surface area contributed by atoms with Crippen LogP contribution in [0.3, 0.4) is 0 Å². The average Bonchev–Trinajstić information content (AvgIpc) is 3.16. The van der Waals surface area contributed by atoms with Crippen LogP contribution in [0, 0.1) is 0 Å². The number of fused-ring (bicyclic) bond motifs is 1. The Morgan fingerprint density at radius 3 is 3.05 bits per heavy atom. The van der Waals surface area contributed by atoms with Gasteiger partial charge in [-0.1, -0.05) is 23.7 Å². The van der Waals surface area contributed by atoms with Gasteiger partial charge in [-0.2, -0.15) is 0 Å². The van der Waals surface area contributed by atoms with E-state index in [9.17, 15) is 0 Å². The number of nitrogens with one attached hydrogen (secondary N) is 1. The Balaban J connectivity index is 1.85. The topological polar surface area (TPSA) is 42.7 Å². The number of nitrogens with zero attached hydrogens (tertiary/aromatic N) is 3. The van der Waals surface area contributed by atoms with Gasteiger partial charge >= 0.3 is 0 Å². The third kappa shape index (κ3) is 2.49. The van der Waals surface area contributed by atoms with Crippen molar-refractivity contribution in [3.63, 3.8) is 0 Å². The molecule has 112 valence electrons. The zero-order valence-electron chi connectivity index (χ0n) is 12.2. The summed E-state index contributed by atoms with van der Waals surface area (Å²) in [6.07, 6.45) is 4.25. The molecule has 3 heterocycles. The lowest BCUT2D eigenvalue weighted by Gasteiger charge is -2.14. The molecule has 1 aliphatic rings. The smallest absolute Gasteiger partial charge is 0.160 e. The third-order valence-electron chi connectivity index (χ3n) is 4.15. The molecule has 1 atom stereocenters. The molecule has 0 bridgehead atoms. The monoisotopic (exact) mass is 312 g/mol. The Kier molecular flexibility index (Phi) is 3.56. The summed E-state index contributed by atoms with van der Waals surface area (Å²) in [4.78, 5) is 9.31. The van der Waals surface area contributed by atoms with Crippen LogP contribution in [0.4, 0.5) is 0 Å². The molecule has 1 fully saturated rings. The van der Waals surface area contributed by atoms with E-state index in [1.807, 2.05) is 42.6 Å². The van der Waals surface area contributed by atoms with Crippen LogP contribution < -0.4 is 5.32 Å². The summed E-state index contributed by atoms with van der Waals surface area (Å²) in [5.41, 5.74) is 2.89. The van der Waals surface area contributed by atoms with Crippen molar-refractivity contribution < 1.29 is 0 Å². The zero-order chi connectivity index (χ0) is 14.9. The molecule has 1 unspecified atom stereocenters. The summed E-state index contributed by atoms with van der Waals surface area (Å²) >= 11 is 6.15. The summed E-state index contributed by atoms with van der Waals surface area (Å²) in [6.45, 7) is 1.98. The van der Waals surface area contributed by atoms with Crippen molar-refractivity contribution >= 4 is 22.8 Å². The highest BCUT2D eigenvalue weighted by atomic mass is 35.5. The number of rotatable bonds is 3. The molecule has 0 amide bonds. The molecule has 22 heavy (non-hydrogen) atoms. The molecule has 2 aromatic heterocycles. The number of hydrogen-bond donors (Lipinski definition) is 1. The fraction of sp³-hybridized carbons (Fsp3) is 0.294. The average molecular weight is 313 g/mol. The molecule has 1 aliphatic heterocycles. The van der Waals surface area contributed by atoms with E-state index in [4.69, 9.17) is 16.6 Å². The second-order valence-corrected chi connectivity index (χ2v) is 6.13. The van der Waals surface area contributed by atoms with Crippen LogP contribution in [0.15, 0.2) is 42.6 Å². The molecule has 5 heteroatoms. The fourth-order valence-electron chi connectivity index (χ4n) is 3.11. The molecule has 1 aromatic carbocycles. The van der Waals surface area contributed by atoms with Crippen LogP contribution in [-0.4, -0.2) is 27.1 Å². The normalized spacial score (nSPS) is 18.1. The van der Waals surface area contributed by atoms with Crippen molar-refractivity contribution in [3.05, 3.63) is 47.6 Å². The number of aromatic nitrogens is 3. The van der Waals surface area contributed by atoms with Crippen molar-refractivity contribution in [1.29, 1.82) is 0 Å². The van der Waals surface area contributed by atoms with E-state index in [2.05, 4.69) is 14.9 Å². The minimum atomic E-state index is 0.484. The van der Waals surface area contributed by atoms with Gasteiger partial charge in [0.05, 0.1) is 0 Å². The maximum Gasteiger partial charge on any atom is 0.160 e. The lowest BCUT2D eigenvalue weighted by Crippen LogP contribution is -2.27. The summed E-state index contributed by atoms with van der Waals surface area (Å²) in [6, 6.07) is 12.3. The van der Waals surface area contributed by atoms with Crippen LogP contribution in [0.2, 0.25) is 5.02 Å². The summed E-state index contributed by atoms with van der Waals surface area (Å²) in [5.74, 6) is 0.935. The maximum absolute atomic E-state index is 6.15. The van der Waals surface area contributed by atoms with Crippen molar-refractivity contribution in [2.75, 3.05) is 6.54 Å². The van der Waals surface area contributed by atoms with E-state index in [-0.39, 0.29) is 0 Å². The molecule has 0 saturated carbocycles.